The second-order valence-corrected chi connectivity index (χ2v) is 4.08. The third-order valence-electron chi connectivity index (χ3n) is 2.27. The van der Waals surface area contributed by atoms with Crippen molar-refractivity contribution in [2.75, 3.05) is 31.6 Å². The molecule has 0 heterocycles. The van der Waals surface area contributed by atoms with Crippen molar-refractivity contribution < 1.29 is 4.74 Å². The van der Waals surface area contributed by atoms with Gasteiger partial charge in [0, 0.05) is 18.4 Å². The molecule has 2 nitrogen and oxygen atoms in total. The van der Waals surface area contributed by atoms with Gasteiger partial charge in [0.25, 0.3) is 0 Å². The molecule has 0 saturated carbocycles. The Morgan fingerprint density at radius 1 is 1.20 bits per heavy atom. The van der Waals surface area contributed by atoms with E-state index < -0.39 is 0 Å². The summed E-state index contributed by atoms with van der Waals surface area (Å²) in [5, 5.41) is 1.02. The van der Waals surface area contributed by atoms with Crippen molar-refractivity contribution in [2.24, 2.45) is 0 Å². The van der Waals surface area contributed by atoms with Crippen LogP contribution in [0.1, 0.15) is 6.92 Å². The third-order valence-corrected chi connectivity index (χ3v) is 2.62. The molecule has 0 aromatic heterocycles. The van der Waals surface area contributed by atoms with Gasteiger partial charge in [-0.25, -0.2) is 0 Å². The van der Waals surface area contributed by atoms with Gasteiger partial charge in [-0.2, -0.15) is 0 Å². The van der Waals surface area contributed by atoms with Crippen LogP contribution < -0.4 is 4.74 Å². The van der Waals surface area contributed by atoms with E-state index in [0.29, 0.717) is 0 Å². The van der Waals surface area contributed by atoms with Gasteiger partial charge in [-0.05, 0) is 18.7 Å². The van der Waals surface area contributed by atoms with E-state index in [4.69, 9.17) is 4.74 Å². The number of likely N-dealkylation sites (N-methyl/N-ethyl adjacent to an activating group) is 1. The molecular weight excluding hydrogens is 254 g/mol. The smallest absolute Gasteiger partial charge is 0.119 e. The third kappa shape index (κ3) is 5.19. The summed E-state index contributed by atoms with van der Waals surface area (Å²) >= 11 is 3.45. The van der Waals surface area contributed by atoms with Crippen molar-refractivity contribution in [3.8, 4) is 5.75 Å². The SMILES string of the molecule is CCN(CCBr)CCOc1ccccc1. The standard InChI is InChI=1S/C12H18BrNO/c1-2-14(9-8-13)10-11-15-12-6-4-3-5-7-12/h3-7H,2,8-11H2,1H3. The Labute approximate surface area is 100 Å². The minimum Gasteiger partial charge on any atom is -0.492 e. The van der Waals surface area contributed by atoms with Crippen LogP contribution in [0.3, 0.4) is 0 Å². The van der Waals surface area contributed by atoms with Crippen LogP contribution in [0.25, 0.3) is 0 Å². The predicted octanol–water partition coefficient (Wildman–Crippen LogP) is 2.78. The number of rotatable bonds is 7. The van der Waals surface area contributed by atoms with E-state index in [9.17, 15) is 0 Å². The normalized spacial score (nSPS) is 10.6. The van der Waals surface area contributed by atoms with Crippen LogP contribution in [0.4, 0.5) is 0 Å². The van der Waals surface area contributed by atoms with Crippen molar-refractivity contribution in [3.05, 3.63) is 30.3 Å². The fraction of sp³-hybridized carbons (Fsp3) is 0.500. The first-order valence-corrected chi connectivity index (χ1v) is 6.45. The Bertz CT molecular complexity index is 253. The second-order valence-electron chi connectivity index (χ2n) is 3.28. The molecule has 1 rings (SSSR count). The van der Waals surface area contributed by atoms with E-state index in [-0.39, 0.29) is 0 Å². The zero-order valence-corrected chi connectivity index (χ0v) is 10.7. The molecule has 0 saturated heterocycles. The Hall–Kier alpha value is -0.540. The summed E-state index contributed by atoms with van der Waals surface area (Å²) in [4.78, 5) is 2.36. The largest absolute Gasteiger partial charge is 0.492 e. The molecule has 0 aliphatic carbocycles. The summed E-state index contributed by atoms with van der Waals surface area (Å²) in [6.45, 7) is 6.06. The fourth-order valence-corrected chi connectivity index (χ4v) is 1.86. The molecule has 0 amide bonds. The summed E-state index contributed by atoms with van der Waals surface area (Å²) < 4.78 is 5.63. The monoisotopic (exact) mass is 271 g/mol. The minimum atomic E-state index is 0.755. The maximum absolute atomic E-state index is 5.63. The summed E-state index contributed by atoms with van der Waals surface area (Å²) in [6, 6.07) is 9.95. The molecule has 0 radical (unpaired) electrons. The number of para-hydroxylation sites is 1. The van der Waals surface area contributed by atoms with Crippen LogP contribution in [-0.4, -0.2) is 36.5 Å². The summed E-state index contributed by atoms with van der Waals surface area (Å²) in [5.74, 6) is 0.951. The van der Waals surface area contributed by atoms with Crippen LogP contribution in [0.5, 0.6) is 5.75 Å². The number of alkyl halides is 1. The second kappa shape index (κ2) is 7.71. The van der Waals surface area contributed by atoms with E-state index >= 15 is 0 Å². The molecule has 0 unspecified atom stereocenters. The van der Waals surface area contributed by atoms with Crippen molar-refractivity contribution in [1.82, 2.24) is 4.90 Å². The zero-order valence-electron chi connectivity index (χ0n) is 9.16. The van der Waals surface area contributed by atoms with Crippen LogP contribution >= 0.6 is 15.9 Å². The average molecular weight is 272 g/mol. The summed E-state index contributed by atoms with van der Waals surface area (Å²) in [5.41, 5.74) is 0. The highest BCUT2D eigenvalue weighted by atomic mass is 79.9. The lowest BCUT2D eigenvalue weighted by atomic mass is 10.3. The number of halogens is 1. The summed E-state index contributed by atoms with van der Waals surface area (Å²) in [6.07, 6.45) is 0. The molecule has 0 aliphatic rings. The molecule has 0 fully saturated rings. The number of ether oxygens (including phenoxy) is 1. The number of benzene rings is 1. The first kappa shape index (κ1) is 12.5. The maximum Gasteiger partial charge on any atom is 0.119 e. The molecule has 0 atom stereocenters. The van der Waals surface area contributed by atoms with E-state index in [1.807, 2.05) is 30.3 Å². The van der Waals surface area contributed by atoms with Gasteiger partial charge in [-0.3, -0.25) is 4.90 Å². The molecule has 3 heteroatoms. The Balaban J connectivity index is 2.20. The zero-order chi connectivity index (χ0) is 10.9. The molecule has 0 N–H and O–H groups in total. The van der Waals surface area contributed by atoms with Gasteiger partial charge in [-0.1, -0.05) is 41.1 Å². The lowest BCUT2D eigenvalue weighted by Gasteiger charge is -2.18. The number of nitrogens with zero attached hydrogens (tertiary/aromatic N) is 1. The van der Waals surface area contributed by atoms with Gasteiger partial charge in [0.1, 0.15) is 12.4 Å². The molecule has 0 spiro atoms. The molecular formula is C12H18BrNO. The molecule has 0 bridgehead atoms. The first-order valence-electron chi connectivity index (χ1n) is 5.33. The number of hydrogen-bond acceptors (Lipinski definition) is 2. The Morgan fingerprint density at radius 2 is 1.93 bits per heavy atom. The molecule has 84 valence electrons. The van der Waals surface area contributed by atoms with Crippen LogP contribution in [0, 0.1) is 0 Å². The Kier molecular flexibility index (Phi) is 6.44. The van der Waals surface area contributed by atoms with Gasteiger partial charge < -0.3 is 4.74 Å². The van der Waals surface area contributed by atoms with E-state index in [0.717, 1.165) is 37.3 Å². The van der Waals surface area contributed by atoms with Crippen molar-refractivity contribution >= 4 is 15.9 Å². The predicted molar refractivity (Wildman–Crippen MR) is 67.8 cm³/mol. The highest BCUT2D eigenvalue weighted by Gasteiger charge is 2.00. The van der Waals surface area contributed by atoms with E-state index in [2.05, 4.69) is 27.8 Å². The topological polar surface area (TPSA) is 12.5 Å². The average Bonchev–Trinajstić information content (AvgIpc) is 2.29. The van der Waals surface area contributed by atoms with Gasteiger partial charge in [-0.15, -0.1) is 0 Å². The fourth-order valence-electron chi connectivity index (χ4n) is 1.36. The van der Waals surface area contributed by atoms with Gasteiger partial charge >= 0.3 is 0 Å². The van der Waals surface area contributed by atoms with Crippen LogP contribution in [-0.2, 0) is 0 Å². The first-order chi connectivity index (χ1) is 7.36. The quantitative estimate of drug-likeness (QED) is 0.708. The van der Waals surface area contributed by atoms with Crippen molar-refractivity contribution in [1.29, 1.82) is 0 Å². The van der Waals surface area contributed by atoms with E-state index in [1.165, 1.54) is 0 Å². The lowest BCUT2D eigenvalue weighted by Crippen LogP contribution is -2.29. The maximum atomic E-state index is 5.63. The van der Waals surface area contributed by atoms with E-state index in [1.54, 1.807) is 0 Å². The summed E-state index contributed by atoms with van der Waals surface area (Å²) in [7, 11) is 0. The molecule has 1 aromatic rings. The van der Waals surface area contributed by atoms with Gasteiger partial charge in [0.2, 0.25) is 0 Å². The van der Waals surface area contributed by atoms with Crippen molar-refractivity contribution in [3.63, 3.8) is 0 Å². The molecule has 1 aromatic carbocycles. The van der Waals surface area contributed by atoms with Crippen LogP contribution in [0.15, 0.2) is 30.3 Å². The molecule has 0 aliphatic heterocycles. The highest BCUT2D eigenvalue weighted by molar-refractivity contribution is 9.09. The number of hydrogen-bond donors (Lipinski definition) is 0. The van der Waals surface area contributed by atoms with Gasteiger partial charge in [0.15, 0.2) is 0 Å². The molecule has 15 heavy (non-hydrogen) atoms. The lowest BCUT2D eigenvalue weighted by molar-refractivity contribution is 0.224. The highest BCUT2D eigenvalue weighted by Crippen LogP contribution is 2.07. The minimum absolute atomic E-state index is 0.755. The van der Waals surface area contributed by atoms with Gasteiger partial charge in [0.05, 0.1) is 0 Å². The Morgan fingerprint density at radius 3 is 2.53 bits per heavy atom. The van der Waals surface area contributed by atoms with Crippen molar-refractivity contribution in [2.45, 2.75) is 6.92 Å². The van der Waals surface area contributed by atoms with Crippen LogP contribution in [0.2, 0.25) is 0 Å².